The van der Waals surface area contributed by atoms with Crippen LogP contribution >= 0.6 is 11.6 Å². The molecule has 0 unspecified atom stereocenters. The lowest BCUT2D eigenvalue weighted by atomic mass is 10.0. The van der Waals surface area contributed by atoms with Gasteiger partial charge in [-0.05, 0) is 47.9 Å². The molecule has 0 aliphatic carbocycles. The Morgan fingerprint density at radius 1 is 1.31 bits per heavy atom. The molecule has 1 aromatic heterocycles. The number of benzene rings is 1. The lowest BCUT2D eigenvalue weighted by Gasteiger charge is -2.27. The van der Waals surface area contributed by atoms with Crippen molar-refractivity contribution in [3.05, 3.63) is 64.4 Å². The minimum atomic E-state index is -4.42. The number of urea groups is 1. The predicted molar refractivity (Wildman–Crippen MR) is 103 cm³/mol. The fourth-order valence-corrected chi connectivity index (χ4v) is 3.23. The summed E-state index contributed by atoms with van der Waals surface area (Å²) in [7, 11) is 0. The number of amides is 2. The maximum atomic E-state index is 12.6. The van der Waals surface area contributed by atoms with E-state index in [1.165, 1.54) is 12.1 Å². The number of alkyl halides is 3. The van der Waals surface area contributed by atoms with E-state index in [0.29, 0.717) is 30.2 Å². The van der Waals surface area contributed by atoms with Gasteiger partial charge in [-0.1, -0.05) is 17.7 Å². The Balaban J connectivity index is 1.63. The molecule has 0 saturated heterocycles. The summed E-state index contributed by atoms with van der Waals surface area (Å²) in [6, 6.07) is 7.63. The maximum absolute atomic E-state index is 12.6. The SMILES string of the molecule is N#CCc1cnc(C2=CCN(C(=O)Nc3ccc(C(F)(F)F)cc3)CC2)c(Cl)c1. The number of pyridine rings is 1. The van der Waals surface area contributed by atoms with E-state index in [-0.39, 0.29) is 12.1 Å². The van der Waals surface area contributed by atoms with Gasteiger partial charge in [0.05, 0.1) is 28.8 Å². The smallest absolute Gasteiger partial charge is 0.320 e. The summed E-state index contributed by atoms with van der Waals surface area (Å²) in [4.78, 5) is 18.2. The third-order valence-electron chi connectivity index (χ3n) is 4.44. The van der Waals surface area contributed by atoms with Crippen molar-refractivity contribution in [2.45, 2.75) is 19.0 Å². The molecule has 2 heterocycles. The molecular weight excluding hydrogens is 405 g/mol. The zero-order valence-corrected chi connectivity index (χ0v) is 15.9. The normalized spacial score (nSPS) is 14.2. The first-order valence-corrected chi connectivity index (χ1v) is 9.09. The molecule has 1 N–H and O–H groups in total. The summed E-state index contributed by atoms with van der Waals surface area (Å²) in [6.45, 7) is 0.732. The van der Waals surface area contributed by atoms with E-state index in [4.69, 9.17) is 16.9 Å². The van der Waals surface area contributed by atoms with Crippen LogP contribution in [0.5, 0.6) is 0 Å². The Kier molecular flexibility index (Phi) is 6.09. The fraction of sp³-hybridized carbons (Fsp3) is 0.250. The second-order valence-corrected chi connectivity index (χ2v) is 6.85. The number of rotatable bonds is 3. The van der Waals surface area contributed by atoms with Gasteiger partial charge in [0.25, 0.3) is 0 Å². The summed E-state index contributed by atoms with van der Waals surface area (Å²) in [5.41, 5.74) is 1.77. The maximum Gasteiger partial charge on any atom is 0.416 e. The molecule has 2 aromatic rings. The summed E-state index contributed by atoms with van der Waals surface area (Å²) in [5.74, 6) is 0. The van der Waals surface area contributed by atoms with Gasteiger partial charge in [0, 0.05) is 25.0 Å². The molecule has 0 radical (unpaired) electrons. The van der Waals surface area contributed by atoms with Crippen molar-refractivity contribution in [1.82, 2.24) is 9.88 Å². The van der Waals surface area contributed by atoms with Crippen LogP contribution in [-0.2, 0) is 12.6 Å². The van der Waals surface area contributed by atoms with Crippen LogP contribution < -0.4 is 5.32 Å². The van der Waals surface area contributed by atoms with E-state index < -0.39 is 17.8 Å². The molecular formula is C20H16ClF3N4O. The van der Waals surface area contributed by atoms with Crippen LogP contribution in [0.1, 0.15) is 23.2 Å². The number of halogens is 4. The third-order valence-corrected chi connectivity index (χ3v) is 4.73. The molecule has 0 saturated carbocycles. The van der Waals surface area contributed by atoms with Crippen LogP contribution in [0, 0.1) is 11.3 Å². The molecule has 29 heavy (non-hydrogen) atoms. The monoisotopic (exact) mass is 420 g/mol. The third kappa shape index (κ3) is 5.06. The Labute approximate surface area is 170 Å². The Morgan fingerprint density at radius 3 is 2.59 bits per heavy atom. The van der Waals surface area contributed by atoms with Crippen molar-refractivity contribution in [1.29, 1.82) is 5.26 Å². The first-order valence-electron chi connectivity index (χ1n) is 8.72. The Hall–Kier alpha value is -3.05. The lowest BCUT2D eigenvalue weighted by molar-refractivity contribution is -0.137. The average Bonchev–Trinajstić information content (AvgIpc) is 2.68. The second kappa shape index (κ2) is 8.53. The van der Waals surface area contributed by atoms with Crippen LogP contribution in [0.25, 0.3) is 5.57 Å². The molecule has 2 amide bonds. The molecule has 0 atom stereocenters. The number of aromatic nitrogens is 1. The topological polar surface area (TPSA) is 69.0 Å². The first kappa shape index (κ1) is 20.7. The number of nitrogens with zero attached hydrogens (tertiary/aromatic N) is 3. The van der Waals surface area contributed by atoms with Crippen LogP contribution in [0.4, 0.5) is 23.7 Å². The average molecular weight is 421 g/mol. The van der Waals surface area contributed by atoms with Crippen molar-refractivity contribution < 1.29 is 18.0 Å². The van der Waals surface area contributed by atoms with Crippen molar-refractivity contribution in [3.63, 3.8) is 0 Å². The molecule has 5 nitrogen and oxygen atoms in total. The van der Waals surface area contributed by atoms with Crippen molar-refractivity contribution in [3.8, 4) is 6.07 Å². The van der Waals surface area contributed by atoms with Gasteiger partial charge >= 0.3 is 12.2 Å². The van der Waals surface area contributed by atoms with E-state index in [0.717, 1.165) is 23.3 Å². The largest absolute Gasteiger partial charge is 0.416 e. The van der Waals surface area contributed by atoms with Gasteiger partial charge in [-0.15, -0.1) is 0 Å². The molecule has 150 valence electrons. The highest BCUT2D eigenvalue weighted by Crippen LogP contribution is 2.30. The quantitative estimate of drug-likeness (QED) is 0.747. The van der Waals surface area contributed by atoms with Gasteiger partial charge in [-0.2, -0.15) is 18.4 Å². The van der Waals surface area contributed by atoms with E-state index >= 15 is 0 Å². The van der Waals surface area contributed by atoms with Gasteiger partial charge in [0.15, 0.2) is 0 Å². The highest BCUT2D eigenvalue weighted by molar-refractivity contribution is 6.32. The number of anilines is 1. The minimum Gasteiger partial charge on any atom is -0.320 e. The number of carbonyl (C=O) groups excluding carboxylic acids is 1. The van der Waals surface area contributed by atoms with Gasteiger partial charge < -0.3 is 10.2 Å². The number of nitrogens with one attached hydrogen (secondary N) is 1. The standard InChI is InChI=1S/C20H16ClF3N4O/c21-17-11-13(5-8-25)12-26-18(17)14-6-9-28(10-7-14)19(29)27-16-3-1-15(2-4-16)20(22,23)24/h1-4,6,11-12H,5,7,9-10H2,(H,27,29). The van der Waals surface area contributed by atoms with Crippen LogP contribution in [0.15, 0.2) is 42.6 Å². The lowest BCUT2D eigenvalue weighted by Crippen LogP contribution is -2.38. The number of carbonyl (C=O) groups is 1. The Morgan fingerprint density at radius 2 is 2.03 bits per heavy atom. The van der Waals surface area contributed by atoms with Crippen LogP contribution in [0.3, 0.4) is 0 Å². The van der Waals surface area contributed by atoms with Gasteiger partial charge in [-0.3, -0.25) is 4.98 Å². The van der Waals surface area contributed by atoms with Gasteiger partial charge in [0.2, 0.25) is 0 Å². The summed E-state index contributed by atoms with van der Waals surface area (Å²) in [5, 5.41) is 11.8. The van der Waals surface area contributed by atoms with Crippen molar-refractivity contribution in [2.75, 3.05) is 18.4 Å². The van der Waals surface area contributed by atoms with Crippen molar-refractivity contribution >= 4 is 28.9 Å². The van der Waals surface area contributed by atoms with Crippen LogP contribution in [-0.4, -0.2) is 29.0 Å². The molecule has 1 aliphatic heterocycles. The Bertz CT molecular complexity index is 981. The number of hydrogen-bond acceptors (Lipinski definition) is 3. The zero-order valence-electron chi connectivity index (χ0n) is 15.1. The fourth-order valence-electron chi connectivity index (χ4n) is 2.92. The summed E-state index contributed by atoms with van der Waals surface area (Å²) in [6.07, 6.45) is -0.212. The summed E-state index contributed by atoms with van der Waals surface area (Å²) < 4.78 is 37.8. The summed E-state index contributed by atoms with van der Waals surface area (Å²) >= 11 is 6.26. The van der Waals surface area contributed by atoms with E-state index in [9.17, 15) is 18.0 Å². The molecule has 0 bridgehead atoms. The van der Waals surface area contributed by atoms with Gasteiger partial charge in [-0.25, -0.2) is 4.79 Å². The minimum absolute atomic E-state index is 0.226. The molecule has 1 aliphatic rings. The predicted octanol–water partition coefficient (Wildman–Crippen LogP) is 5.14. The van der Waals surface area contributed by atoms with E-state index in [1.807, 2.05) is 12.1 Å². The second-order valence-electron chi connectivity index (χ2n) is 6.44. The molecule has 1 aromatic carbocycles. The first-order chi connectivity index (χ1) is 13.8. The van der Waals surface area contributed by atoms with Crippen molar-refractivity contribution in [2.24, 2.45) is 0 Å². The molecule has 0 fully saturated rings. The van der Waals surface area contributed by atoms with Gasteiger partial charge in [0.1, 0.15) is 0 Å². The van der Waals surface area contributed by atoms with E-state index in [1.54, 1.807) is 17.2 Å². The highest BCUT2D eigenvalue weighted by atomic mass is 35.5. The van der Waals surface area contributed by atoms with Crippen LogP contribution in [0.2, 0.25) is 5.02 Å². The molecule has 3 rings (SSSR count). The molecule has 0 spiro atoms. The zero-order chi connectivity index (χ0) is 21.0. The highest BCUT2D eigenvalue weighted by Gasteiger charge is 2.30. The number of hydrogen-bond donors (Lipinski definition) is 1. The number of nitriles is 1. The molecule has 9 heteroatoms. The van der Waals surface area contributed by atoms with E-state index in [2.05, 4.69) is 10.3 Å².